The third-order valence-corrected chi connectivity index (χ3v) is 5.65. The first-order chi connectivity index (χ1) is 10.8. The zero-order valence-electron chi connectivity index (χ0n) is 13.4. The standard InChI is InChI=1S/C19H26N2O/c22-19(17-9-8-15-6-2-3-7-16(15)12-17)21-13-18(14-21)20-10-4-1-5-11-20/h8-9,12,18H,1-7,10-11,13-14H2. The fraction of sp³-hybridized carbons (Fsp3) is 0.632. The van der Waals surface area contributed by atoms with E-state index in [-0.39, 0.29) is 5.91 Å². The zero-order valence-corrected chi connectivity index (χ0v) is 13.4. The molecule has 3 heteroatoms. The molecule has 0 spiro atoms. The topological polar surface area (TPSA) is 23.6 Å². The number of carbonyl (C=O) groups is 1. The summed E-state index contributed by atoms with van der Waals surface area (Å²) < 4.78 is 0. The second kappa shape index (κ2) is 6.04. The molecule has 2 fully saturated rings. The van der Waals surface area contributed by atoms with E-state index in [1.807, 2.05) is 11.0 Å². The molecule has 0 N–H and O–H groups in total. The quantitative estimate of drug-likeness (QED) is 0.838. The van der Waals surface area contributed by atoms with Crippen molar-refractivity contribution in [1.29, 1.82) is 0 Å². The summed E-state index contributed by atoms with van der Waals surface area (Å²) in [6.07, 6.45) is 8.93. The van der Waals surface area contributed by atoms with Crippen LogP contribution in [-0.4, -0.2) is 47.9 Å². The maximum absolute atomic E-state index is 12.6. The van der Waals surface area contributed by atoms with Gasteiger partial charge in [-0.3, -0.25) is 9.69 Å². The van der Waals surface area contributed by atoms with Crippen LogP contribution in [0.15, 0.2) is 18.2 Å². The van der Waals surface area contributed by atoms with E-state index in [2.05, 4.69) is 17.0 Å². The molecule has 3 nitrogen and oxygen atoms in total. The Morgan fingerprint density at radius 2 is 1.64 bits per heavy atom. The SMILES string of the molecule is O=C(c1ccc2c(c1)CCCC2)N1CC(N2CCCCC2)C1. The summed E-state index contributed by atoms with van der Waals surface area (Å²) in [7, 11) is 0. The van der Waals surface area contributed by atoms with E-state index in [1.165, 1.54) is 62.7 Å². The van der Waals surface area contributed by atoms with Gasteiger partial charge in [-0.15, -0.1) is 0 Å². The van der Waals surface area contributed by atoms with Crippen LogP contribution < -0.4 is 0 Å². The number of benzene rings is 1. The van der Waals surface area contributed by atoms with Gasteiger partial charge in [0, 0.05) is 24.7 Å². The average Bonchev–Trinajstić information content (AvgIpc) is 2.54. The molecule has 2 aliphatic heterocycles. The lowest BCUT2D eigenvalue weighted by Crippen LogP contribution is -2.61. The van der Waals surface area contributed by atoms with E-state index < -0.39 is 0 Å². The summed E-state index contributed by atoms with van der Waals surface area (Å²) in [6.45, 7) is 4.31. The molecule has 0 radical (unpaired) electrons. The van der Waals surface area contributed by atoms with Crippen molar-refractivity contribution in [2.75, 3.05) is 26.2 Å². The highest BCUT2D eigenvalue weighted by molar-refractivity contribution is 5.95. The Kier molecular flexibility index (Phi) is 3.91. The van der Waals surface area contributed by atoms with E-state index in [0.717, 1.165) is 25.1 Å². The molecule has 0 bridgehead atoms. The molecule has 2 heterocycles. The second-order valence-corrected chi connectivity index (χ2v) is 7.15. The van der Waals surface area contributed by atoms with Gasteiger partial charge in [-0.05, 0) is 74.9 Å². The molecule has 118 valence electrons. The summed E-state index contributed by atoms with van der Waals surface area (Å²) in [4.78, 5) is 17.3. The third-order valence-electron chi connectivity index (χ3n) is 5.65. The van der Waals surface area contributed by atoms with Crippen molar-refractivity contribution in [3.05, 3.63) is 34.9 Å². The number of likely N-dealkylation sites (tertiary alicyclic amines) is 2. The van der Waals surface area contributed by atoms with E-state index in [1.54, 1.807) is 0 Å². The van der Waals surface area contributed by atoms with Crippen molar-refractivity contribution < 1.29 is 4.79 Å². The summed E-state index contributed by atoms with van der Waals surface area (Å²) in [5, 5.41) is 0. The molecular formula is C19H26N2O. The number of piperidine rings is 1. The van der Waals surface area contributed by atoms with Gasteiger partial charge in [-0.25, -0.2) is 0 Å². The number of fused-ring (bicyclic) bond motifs is 1. The molecule has 1 aromatic rings. The number of aryl methyl sites for hydroxylation is 2. The van der Waals surface area contributed by atoms with Crippen LogP contribution in [-0.2, 0) is 12.8 Å². The highest BCUT2D eigenvalue weighted by Crippen LogP contribution is 2.25. The molecule has 2 saturated heterocycles. The molecule has 4 rings (SSSR count). The summed E-state index contributed by atoms with van der Waals surface area (Å²) >= 11 is 0. The van der Waals surface area contributed by atoms with Gasteiger partial charge in [0.2, 0.25) is 0 Å². The Morgan fingerprint density at radius 3 is 2.41 bits per heavy atom. The third kappa shape index (κ3) is 2.67. The van der Waals surface area contributed by atoms with Gasteiger partial charge in [0.05, 0.1) is 0 Å². The van der Waals surface area contributed by atoms with Crippen molar-refractivity contribution in [1.82, 2.24) is 9.80 Å². The Hall–Kier alpha value is -1.35. The van der Waals surface area contributed by atoms with Crippen LogP contribution in [0.1, 0.15) is 53.6 Å². The molecule has 3 aliphatic rings. The number of hydrogen-bond acceptors (Lipinski definition) is 2. The van der Waals surface area contributed by atoms with Gasteiger partial charge in [-0.1, -0.05) is 12.5 Å². The minimum absolute atomic E-state index is 0.238. The number of hydrogen-bond donors (Lipinski definition) is 0. The number of amides is 1. The van der Waals surface area contributed by atoms with Crippen LogP contribution in [0.4, 0.5) is 0 Å². The van der Waals surface area contributed by atoms with Crippen molar-refractivity contribution in [2.45, 2.75) is 51.0 Å². The summed E-state index contributed by atoms with van der Waals surface area (Å²) in [5.74, 6) is 0.238. The minimum atomic E-state index is 0.238. The molecule has 0 saturated carbocycles. The van der Waals surface area contributed by atoms with Gasteiger partial charge in [0.1, 0.15) is 0 Å². The Balaban J connectivity index is 1.39. The molecule has 1 aromatic carbocycles. The largest absolute Gasteiger partial charge is 0.335 e. The first-order valence-electron chi connectivity index (χ1n) is 8.96. The molecule has 1 aliphatic carbocycles. The summed E-state index contributed by atoms with van der Waals surface area (Å²) in [6, 6.07) is 7.00. The lowest BCUT2D eigenvalue weighted by molar-refractivity contribution is 0.0203. The smallest absolute Gasteiger partial charge is 0.253 e. The lowest BCUT2D eigenvalue weighted by atomic mass is 9.90. The van der Waals surface area contributed by atoms with Gasteiger partial charge in [0.15, 0.2) is 0 Å². The number of carbonyl (C=O) groups excluding carboxylic acids is 1. The van der Waals surface area contributed by atoms with Gasteiger partial charge < -0.3 is 4.90 Å². The second-order valence-electron chi connectivity index (χ2n) is 7.15. The van der Waals surface area contributed by atoms with E-state index in [4.69, 9.17) is 0 Å². The van der Waals surface area contributed by atoms with Crippen LogP contribution in [0.2, 0.25) is 0 Å². The van der Waals surface area contributed by atoms with E-state index in [0.29, 0.717) is 6.04 Å². The van der Waals surface area contributed by atoms with Crippen LogP contribution in [0, 0.1) is 0 Å². The molecule has 0 atom stereocenters. The highest BCUT2D eigenvalue weighted by atomic mass is 16.2. The molecule has 0 aromatic heterocycles. The van der Waals surface area contributed by atoms with Crippen LogP contribution in [0.25, 0.3) is 0 Å². The minimum Gasteiger partial charge on any atom is -0.335 e. The molecule has 0 unspecified atom stereocenters. The monoisotopic (exact) mass is 298 g/mol. The predicted octanol–water partition coefficient (Wildman–Crippen LogP) is 2.88. The fourth-order valence-electron chi connectivity index (χ4n) is 4.18. The normalized spacial score (nSPS) is 23.0. The molecule has 22 heavy (non-hydrogen) atoms. The van der Waals surface area contributed by atoms with Gasteiger partial charge >= 0.3 is 0 Å². The van der Waals surface area contributed by atoms with Crippen molar-refractivity contribution in [3.8, 4) is 0 Å². The Bertz CT molecular complexity index is 557. The zero-order chi connectivity index (χ0) is 14.9. The van der Waals surface area contributed by atoms with Crippen molar-refractivity contribution in [3.63, 3.8) is 0 Å². The summed E-state index contributed by atoms with van der Waals surface area (Å²) in [5.41, 5.74) is 3.76. The molecule has 1 amide bonds. The Labute approximate surface area is 133 Å². The van der Waals surface area contributed by atoms with Gasteiger partial charge in [0.25, 0.3) is 5.91 Å². The first kappa shape index (κ1) is 14.3. The molecular weight excluding hydrogens is 272 g/mol. The Morgan fingerprint density at radius 1 is 0.909 bits per heavy atom. The number of nitrogens with zero attached hydrogens (tertiary/aromatic N) is 2. The fourth-order valence-corrected chi connectivity index (χ4v) is 4.18. The van der Waals surface area contributed by atoms with E-state index in [9.17, 15) is 4.79 Å². The van der Waals surface area contributed by atoms with Crippen LogP contribution in [0.5, 0.6) is 0 Å². The highest BCUT2D eigenvalue weighted by Gasteiger charge is 2.35. The number of rotatable bonds is 2. The van der Waals surface area contributed by atoms with E-state index >= 15 is 0 Å². The van der Waals surface area contributed by atoms with Crippen molar-refractivity contribution >= 4 is 5.91 Å². The predicted molar refractivity (Wildman–Crippen MR) is 88.2 cm³/mol. The lowest BCUT2D eigenvalue weighted by Gasteiger charge is -2.46. The van der Waals surface area contributed by atoms with Crippen LogP contribution in [0.3, 0.4) is 0 Å². The van der Waals surface area contributed by atoms with Gasteiger partial charge in [-0.2, -0.15) is 0 Å². The maximum atomic E-state index is 12.6. The first-order valence-corrected chi connectivity index (χ1v) is 8.96. The maximum Gasteiger partial charge on any atom is 0.253 e. The van der Waals surface area contributed by atoms with Crippen molar-refractivity contribution in [2.24, 2.45) is 0 Å². The van der Waals surface area contributed by atoms with Crippen LogP contribution >= 0.6 is 0 Å². The average molecular weight is 298 g/mol.